The van der Waals surface area contributed by atoms with Crippen LogP contribution in [0.15, 0.2) is 15.8 Å². The van der Waals surface area contributed by atoms with Crippen molar-refractivity contribution in [2.24, 2.45) is 0 Å². The highest BCUT2D eigenvalue weighted by atomic mass is 32.2. The predicted octanol–water partition coefficient (Wildman–Crippen LogP) is 1.96. The molecule has 0 radical (unpaired) electrons. The fraction of sp³-hybridized carbons (Fsp3) is 0.455. The molecule has 1 aliphatic rings. The summed E-state index contributed by atoms with van der Waals surface area (Å²) in [5.41, 5.74) is 2.26. The molecule has 1 saturated carbocycles. The highest BCUT2D eigenvalue weighted by Gasteiger charge is 2.26. The molecule has 0 unspecified atom stereocenters. The highest BCUT2D eigenvalue weighted by molar-refractivity contribution is 7.93. The molecule has 0 atom stereocenters. The molecule has 1 fully saturated rings. The van der Waals surface area contributed by atoms with Gasteiger partial charge >= 0.3 is 0 Å². The summed E-state index contributed by atoms with van der Waals surface area (Å²) >= 11 is 2.63. The van der Waals surface area contributed by atoms with Crippen LogP contribution in [0.3, 0.4) is 0 Å². The zero-order chi connectivity index (χ0) is 14.2. The van der Waals surface area contributed by atoms with E-state index in [0.717, 1.165) is 21.8 Å². The standard InChI is InChI=1S/C11H14N4O2S3/c1-7-5-18-9(4-12-8-2-3-8)10(7)20(16,17)15-11-14-13-6-19-11/h5-6,8,12H,2-4H2,1H3,(H,14,15). The van der Waals surface area contributed by atoms with Gasteiger partial charge in [-0.2, -0.15) is 0 Å². The first-order valence-corrected chi connectivity index (χ1v) is 9.40. The highest BCUT2D eigenvalue weighted by Crippen LogP contribution is 2.30. The van der Waals surface area contributed by atoms with Crippen molar-refractivity contribution >= 4 is 37.8 Å². The van der Waals surface area contributed by atoms with Gasteiger partial charge in [0.1, 0.15) is 10.4 Å². The maximum Gasteiger partial charge on any atom is 0.265 e. The molecule has 2 heterocycles. The Hall–Kier alpha value is -1.03. The Bertz CT molecular complexity index is 689. The van der Waals surface area contributed by atoms with E-state index < -0.39 is 10.0 Å². The Balaban J connectivity index is 1.85. The SMILES string of the molecule is Cc1csc(CNC2CC2)c1S(=O)(=O)Nc1nncs1. The molecule has 9 heteroatoms. The van der Waals surface area contributed by atoms with Gasteiger partial charge in [-0.15, -0.1) is 21.5 Å². The Labute approximate surface area is 125 Å². The Kier molecular flexibility index (Phi) is 3.76. The molecule has 0 aromatic carbocycles. The monoisotopic (exact) mass is 330 g/mol. The van der Waals surface area contributed by atoms with E-state index in [-0.39, 0.29) is 5.13 Å². The first-order chi connectivity index (χ1) is 9.56. The van der Waals surface area contributed by atoms with Crippen LogP contribution in [0.25, 0.3) is 0 Å². The third kappa shape index (κ3) is 3.00. The summed E-state index contributed by atoms with van der Waals surface area (Å²) in [5.74, 6) is 0. The van der Waals surface area contributed by atoms with Gasteiger partial charge in [-0.3, -0.25) is 4.72 Å². The third-order valence-electron chi connectivity index (χ3n) is 2.97. The zero-order valence-electron chi connectivity index (χ0n) is 10.8. The molecule has 0 aliphatic heterocycles. The minimum Gasteiger partial charge on any atom is -0.309 e. The van der Waals surface area contributed by atoms with E-state index in [1.54, 1.807) is 0 Å². The largest absolute Gasteiger partial charge is 0.309 e. The summed E-state index contributed by atoms with van der Waals surface area (Å²) < 4.78 is 27.4. The lowest BCUT2D eigenvalue weighted by Crippen LogP contribution is -2.19. The number of hydrogen-bond acceptors (Lipinski definition) is 7. The number of nitrogens with one attached hydrogen (secondary N) is 2. The summed E-state index contributed by atoms with van der Waals surface area (Å²) in [6.07, 6.45) is 2.35. The number of rotatable bonds is 6. The predicted molar refractivity (Wildman–Crippen MR) is 79.6 cm³/mol. The molecule has 20 heavy (non-hydrogen) atoms. The van der Waals surface area contributed by atoms with E-state index in [0.29, 0.717) is 17.5 Å². The van der Waals surface area contributed by atoms with Crippen molar-refractivity contribution in [2.75, 3.05) is 4.72 Å². The molecule has 108 valence electrons. The smallest absolute Gasteiger partial charge is 0.265 e. The summed E-state index contributed by atoms with van der Waals surface area (Å²) in [5, 5.41) is 12.9. The second-order valence-corrected chi connectivity index (χ2v) is 8.09. The van der Waals surface area contributed by atoms with Crippen LogP contribution in [-0.4, -0.2) is 24.7 Å². The number of aromatic nitrogens is 2. The van der Waals surface area contributed by atoms with Gasteiger partial charge in [-0.05, 0) is 30.7 Å². The molecule has 2 N–H and O–H groups in total. The van der Waals surface area contributed by atoms with Gasteiger partial charge in [-0.25, -0.2) is 8.42 Å². The lowest BCUT2D eigenvalue weighted by Gasteiger charge is -2.08. The normalized spacial score (nSPS) is 15.4. The van der Waals surface area contributed by atoms with Crippen LogP contribution >= 0.6 is 22.7 Å². The average Bonchev–Trinajstić information content (AvgIpc) is 2.94. The van der Waals surface area contributed by atoms with E-state index in [1.165, 1.54) is 29.7 Å². The summed E-state index contributed by atoms with van der Waals surface area (Å²) in [7, 11) is -3.60. The van der Waals surface area contributed by atoms with E-state index in [2.05, 4.69) is 20.2 Å². The van der Waals surface area contributed by atoms with Crippen LogP contribution in [0.1, 0.15) is 23.3 Å². The summed E-state index contributed by atoms with van der Waals surface area (Å²) in [4.78, 5) is 1.21. The fourth-order valence-electron chi connectivity index (χ4n) is 1.88. The fourth-order valence-corrected chi connectivity index (χ4v) is 5.34. The van der Waals surface area contributed by atoms with Gasteiger partial charge < -0.3 is 5.32 Å². The molecular weight excluding hydrogens is 316 g/mol. The van der Waals surface area contributed by atoms with Crippen molar-refractivity contribution in [3.05, 3.63) is 21.3 Å². The van der Waals surface area contributed by atoms with Crippen molar-refractivity contribution in [3.63, 3.8) is 0 Å². The molecule has 2 aromatic rings. The average molecular weight is 330 g/mol. The molecule has 3 rings (SSSR count). The molecular formula is C11H14N4O2S3. The number of aryl methyl sites for hydroxylation is 1. The van der Waals surface area contributed by atoms with Crippen molar-refractivity contribution in [1.29, 1.82) is 0 Å². The van der Waals surface area contributed by atoms with Crippen molar-refractivity contribution < 1.29 is 8.42 Å². The topological polar surface area (TPSA) is 84.0 Å². The van der Waals surface area contributed by atoms with E-state index in [4.69, 9.17) is 0 Å². The van der Waals surface area contributed by atoms with E-state index in [9.17, 15) is 8.42 Å². The quantitative estimate of drug-likeness (QED) is 0.846. The van der Waals surface area contributed by atoms with E-state index >= 15 is 0 Å². The number of thiophene rings is 1. The first kappa shape index (κ1) is 13.9. The minimum absolute atomic E-state index is 0.289. The summed E-state index contributed by atoms with van der Waals surface area (Å²) in [6.45, 7) is 2.40. The van der Waals surface area contributed by atoms with Crippen LogP contribution in [0.5, 0.6) is 0 Å². The van der Waals surface area contributed by atoms with E-state index in [1.807, 2.05) is 12.3 Å². The number of hydrogen-bond donors (Lipinski definition) is 2. The Morgan fingerprint density at radius 3 is 2.85 bits per heavy atom. The van der Waals surface area contributed by atoms with Gasteiger partial charge in [0.05, 0.1) is 0 Å². The maximum absolute atomic E-state index is 12.5. The molecule has 0 saturated heterocycles. The van der Waals surface area contributed by atoms with Crippen LogP contribution < -0.4 is 10.0 Å². The van der Waals surface area contributed by atoms with Crippen LogP contribution in [0.2, 0.25) is 0 Å². The minimum atomic E-state index is -3.60. The second-order valence-electron chi connectivity index (χ2n) is 4.68. The van der Waals surface area contributed by atoms with Gasteiger partial charge in [0.15, 0.2) is 0 Å². The molecule has 1 aliphatic carbocycles. The van der Waals surface area contributed by atoms with Crippen LogP contribution in [0, 0.1) is 6.92 Å². The van der Waals surface area contributed by atoms with Crippen molar-refractivity contribution in [2.45, 2.75) is 37.2 Å². The first-order valence-electron chi connectivity index (χ1n) is 6.15. The van der Waals surface area contributed by atoms with Crippen molar-refractivity contribution in [3.8, 4) is 0 Å². The maximum atomic E-state index is 12.5. The number of nitrogens with zero attached hydrogens (tertiary/aromatic N) is 2. The van der Waals surface area contributed by atoms with Crippen LogP contribution in [0.4, 0.5) is 5.13 Å². The summed E-state index contributed by atoms with van der Waals surface area (Å²) in [6, 6.07) is 0.545. The lowest BCUT2D eigenvalue weighted by molar-refractivity contribution is 0.598. The molecule has 0 spiro atoms. The van der Waals surface area contributed by atoms with Gasteiger partial charge in [0.25, 0.3) is 10.0 Å². The van der Waals surface area contributed by atoms with Gasteiger partial charge in [0, 0.05) is 17.5 Å². The molecule has 2 aromatic heterocycles. The molecule has 6 nitrogen and oxygen atoms in total. The molecule has 0 amide bonds. The van der Waals surface area contributed by atoms with Gasteiger partial charge in [0.2, 0.25) is 5.13 Å². The van der Waals surface area contributed by atoms with Gasteiger partial charge in [-0.1, -0.05) is 11.3 Å². The third-order valence-corrected chi connectivity index (χ3v) is 6.51. The lowest BCUT2D eigenvalue weighted by atomic mass is 10.3. The van der Waals surface area contributed by atoms with Crippen LogP contribution in [-0.2, 0) is 16.6 Å². The number of anilines is 1. The Morgan fingerprint density at radius 1 is 1.40 bits per heavy atom. The van der Waals surface area contributed by atoms with Crippen molar-refractivity contribution in [1.82, 2.24) is 15.5 Å². The Morgan fingerprint density at radius 2 is 2.20 bits per heavy atom. The molecule has 0 bridgehead atoms. The second kappa shape index (κ2) is 5.40. The zero-order valence-corrected chi connectivity index (χ0v) is 13.2. The number of sulfonamides is 1.